The highest BCUT2D eigenvalue weighted by Crippen LogP contribution is 2.07. The SMILES string of the molecule is BrCCc1ccccc1.c1ccc2ncccc2c1. The Morgan fingerprint density at radius 3 is 2.21 bits per heavy atom. The number of para-hydroxylation sites is 1. The van der Waals surface area contributed by atoms with Gasteiger partial charge < -0.3 is 0 Å². The van der Waals surface area contributed by atoms with E-state index in [2.05, 4.69) is 57.3 Å². The first-order chi connectivity index (χ1) is 9.40. The second-order valence-electron chi connectivity index (χ2n) is 4.12. The number of alkyl halides is 1. The molecule has 0 atom stereocenters. The zero-order valence-electron chi connectivity index (χ0n) is 10.7. The number of aryl methyl sites for hydroxylation is 1. The van der Waals surface area contributed by atoms with Gasteiger partial charge in [-0.3, -0.25) is 4.98 Å². The van der Waals surface area contributed by atoms with Crippen LogP contribution in [-0.4, -0.2) is 10.3 Å². The summed E-state index contributed by atoms with van der Waals surface area (Å²) in [5, 5.41) is 2.25. The lowest BCUT2D eigenvalue weighted by Crippen LogP contribution is -1.82. The third-order valence-electron chi connectivity index (χ3n) is 2.74. The van der Waals surface area contributed by atoms with Gasteiger partial charge in [-0.2, -0.15) is 0 Å². The smallest absolute Gasteiger partial charge is 0.0701 e. The van der Waals surface area contributed by atoms with Gasteiger partial charge in [-0.1, -0.05) is 70.5 Å². The highest BCUT2D eigenvalue weighted by Gasteiger charge is 1.87. The number of halogens is 1. The summed E-state index contributed by atoms with van der Waals surface area (Å²) in [6.45, 7) is 0. The second-order valence-corrected chi connectivity index (χ2v) is 4.91. The minimum atomic E-state index is 1.05. The maximum Gasteiger partial charge on any atom is 0.0701 e. The lowest BCUT2D eigenvalue weighted by molar-refractivity contribution is 1.17. The quantitative estimate of drug-likeness (QED) is 0.616. The fourth-order valence-corrected chi connectivity index (χ4v) is 2.23. The van der Waals surface area contributed by atoms with Gasteiger partial charge in [0.2, 0.25) is 0 Å². The van der Waals surface area contributed by atoms with Crippen LogP contribution in [-0.2, 0) is 6.42 Å². The lowest BCUT2D eigenvalue weighted by atomic mass is 10.2. The first-order valence-electron chi connectivity index (χ1n) is 6.30. The van der Waals surface area contributed by atoms with E-state index in [4.69, 9.17) is 0 Å². The van der Waals surface area contributed by atoms with Crippen molar-refractivity contribution in [3.63, 3.8) is 0 Å². The number of benzene rings is 2. The van der Waals surface area contributed by atoms with Crippen molar-refractivity contribution in [1.82, 2.24) is 4.98 Å². The molecule has 0 spiro atoms. The van der Waals surface area contributed by atoms with Crippen LogP contribution >= 0.6 is 15.9 Å². The molecule has 0 radical (unpaired) electrons. The molecule has 0 aliphatic rings. The second kappa shape index (κ2) is 7.70. The minimum Gasteiger partial charge on any atom is -0.256 e. The van der Waals surface area contributed by atoms with Crippen LogP contribution in [0.1, 0.15) is 5.56 Å². The highest BCUT2D eigenvalue weighted by atomic mass is 79.9. The van der Waals surface area contributed by atoms with Gasteiger partial charge in [0.1, 0.15) is 0 Å². The van der Waals surface area contributed by atoms with Crippen LogP contribution < -0.4 is 0 Å². The summed E-state index contributed by atoms with van der Waals surface area (Å²) < 4.78 is 0. The summed E-state index contributed by atoms with van der Waals surface area (Å²) >= 11 is 3.39. The summed E-state index contributed by atoms with van der Waals surface area (Å²) in [5.74, 6) is 0. The number of hydrogen-bond acceptors (Lipinski definition) is 1. The van der Waals surface area contributed by atoms with Gasteiger partial charge in [-0.05, 0) is 24.1 Å². The van der Waals surface area contributed by atoms with Crippen molar-refractivity contribution >= 4 is 26.8 Å². The maximum atomic E-state index is 4.18. The van der Waals surface area contributed by atoms with Crippen molar-refractivity contribution in [1.29, 1.82) is 0 Å². The van der Waals surface area contributed by atoms with Crippen LogP contribution in [0.15, 0.2) is 72.9 Å². The zero-order valence-corrected chi connectivity index (χ0v) is 12.3. The first-order valence-corrected chi connectivity index (χ1v) is 7.42. The van der Waals surface area contributed by atoms with Crippen LogP contribution in [0.2, 0.25) is 0 Å². The summed E-state index contributed by atoms with van der Waals surface area (Å²) in [7, 11) is 0. The van der Waals surface area contributed by atoms with Crippen molar-refractivity contribution < 1.29 is 0 Å². The molecule has 3 aromatic rings. The standard InChI is InChI=1S/C9H7N.C8H9Br/c1-2-6-9-8(4-1)5-3-7-10-9;9-7-6-8-4-2-1-3-5-8/h1-7H;1-5H,6-7H2. The average molecular weight is 314 g/mol. The molecule has 0 bridgehead atoms. The molecule has 0 amide bonds. The Kier molecular flexibility index (Phi) is 5.57. The molecule has 0 N–H and O–H groups in total. The Morgan fingerprint density at radius 2 is 1.47 bits per heavy atom. The van der Waals surface area contributed by atoms with E-state index in [1.165, 1.54) is 10.9 Å². The summed E-state index contributed by atoms with van der Waals surface area (Å²) in [5.41, 5.74) is 2.46. The van der Waals surface area contributed by atoms with E-state index >= 15 is 0 Å². The van der Waals surface area contributed by atoms with E-state index in [1.54, 1.807) is 0 Å². The molecule has 0 saturated heterocycles. The topological polar surface area (TPSA) is 12.9 Å². The van der Waals surface area contributed by atoms with Crippen LogP contribution in [0.4, 0.5) is 0 Å². The van der Waals surface area contributed by atoms with Crippen LogP contribution in [0, 0.1) is 0 Å². The molecule has 2 heteroatoms. The fraction of sp³-hybridized carbons (Fsp3) is 0.118. The molecule has 0 saturated carbocycles. The van der Waals surface area contributed by atoms with E-state index in [0.717, 1.165) is 17.3 Å². The Morgan fingerprint density at radius 1 is 0.789 bits per heavy atom. The third-order valence-corrected chi connectivity index (χ3v) is 3.13. The molecule has 0 fully saturated rings. The molecule has 3 rings (SSSR count). The van der Waals surface area contributed by atoms with E-state index in [1.807, 2.05) is 36.5 Å². The number of aromatic nitrogens is 1. The van der Waals surface area contributed by atoms with Gasteiger partial charge in [0.15, 0.2) is 0 Å². The molecule has 96 valence electrons. The number of rotatable bonds is 2. The molecule has 19 heavy (non-hydrogen) atoms. The summed E-state index contributed by atoms with van der Waals surface area (Å²) in [6.07, 6.45) is 2.93. The normalized spacial score (nSPS) is 9.74. The summed E-state index contributed by atoms with van der Waals surface area (Å²) in [6, 6.07) is 22.5. The predicted octanol–water partition coefficient (Wildman–Crippen LogP) is 4.86. The number of hydrogen-bond donors (Lipinski definition) is 0. The predicted molar refractivity (Wildman–Crippen MR) is 85.7 cm³/mol. The van der Waals surface area contributed by atoms with Gasteiger partial charge in [-0.15, -0.1) is 0 Å². The van der Waals surface area contributed by atoms with Gasteiger partial charge in [0, 0.05) is 16.9 Å². The number of nitrogens with zero attached hydrogens (tertiary/aromatic N) is 1. The van der Waals surface area contributed by atoms with E-state index in [9.17, 15) is 0 Å². The van der Waals surface area contributed by atoms with Crippen molar-refractivity contribution in [2.75, 3.05) is 5.33 Å². The Labute approximate surface area is 122 Å². The van der Waals surface area contributed by atoms with Gasteiger partial charge in [0.25, 0.3) is 0 Å². The Hall–Kier alpha value is -1.67. The number of pyridine rings is 1. The summed E-state index contributed by atoms with van der Waals surface area (Å²) in [4.78, 5) is 4.18. The van der Waals surface area contributed by atoms with Gasteiger partial charge in [-0.25, -0.2) is 0 Å². The molecule has 0 aliphatic carbocycles. The van der Waals surface area contributed by atoms with Crippen molar-refractivity contribution in [2.24, 2.45) is 0 Å². The minimum absolute atomic E-state index is 1.05. The van der Waals surface area contributed by atoms with E-state index in [0.29, 0.717) is 0 Å². The molecule has 1 aromatic heterocycles. The Bertz CT molecular complexity index is 542. The number of fused-ring (bicyclic) bond motifs is 1. The van der Waals surface area contributed by atoms with Crippen LogP contribution in [0.25, 0.3) is 10.9 Å². The molecule has 1 nitrogen and oxygen atoms in total. The first kappa shape index (κ1) is 13.8. The monoisotopic (exact) mass is 313 g/mol. The van der Waals surface area contributed by atoms with Crippen molar-refractivity contribution in [3.8, 4) is 0 Å². The fourth-order valence-electron chi connectivity index (χ4n) is 1.77. The van der Waals surface area contributed by atoms with Crippen molar-refractivity contribution in [3.05, 3.63) is 78.5 Å². The molecule has 0 unspecified atom stereocenters. The lowest BCUT2D eigenvalue weighted by Gasteiger charge is -1.92. The molecule has 1 heterocycles. The van der Waals surface area contributed by atoms with E-state index in [-0.39, 0.29) is 0 Å². The van der Waals surface area contributed by atoms with Crippen LogP contribution in [0.5, 0.6) is 0 Å². The third kappa shape index (κ3) is 4.49. The Balaban J connectivity index is 0.000000141. The molecular formula is C17H16BrN. The largest absolute Gasteiger partial charge is 0.256 e. The van der Waals surface area contributed by atoms with Crippen molar-refractivity contribution in [2.45, 2.75) is 6.42 Å². The maximum absolute atomic E-state index is 4.18. The van der Waals surface area contributed by atoms with Gasteiger partial charge in [0.05, 0.1) is 5.52 Å². The molecule has 0 aliphatic heterocycles. The van der Waals surface area contributed by atoms with Gasteiger partial charge >= 0.3 is 0 Å². The van der Waals surface area contributed by atoms with E-state index < -0.39 is 0 Å². The zero-order chi connectivity index (χ0) is 13.3. The highest BCUT2D eigenvalue weighted by molar-refractivity contribution is 9.09. The molecular weight excluding hydrogens is 298 g/mol. The van der Waals surface area contributed by atoms with Crippen LogP contribution in [0.3, 0.4) is 0 Å². The average Bonchev–Trinajstić information content (AvgIpc) is 2.50. The molecule has 2 aromatic carbocycles.